The Labute approximate surface area is 558 Å². The number of furan rings is 2. The molecule has 20 rings (SSSR count). The van der Waals surface area contributed by atoms with E-state index in [9.17, 15) is 0 Å². The number of para-hydroxylation sites is 2. The van der Waals surface area contributed by atoms with Crippen LogP contribution in [0.1, 0.15) is 11.1 Å². The lowest BCUT2D eigenvalue weighted by Gasteiger charge is -2.40. The zero-order chi connectivity index (χ0) is 63.7. The largest absolute Gasteiger partial charge is 0.456 e. The van der Waals surface area contributed by atoms with Gasteiger partial charge in [0.05, 0.1) is 28.8 Å². The molecule has 5 heterocycles. The number of pyridine rings is 2. The summed E-state index contributed by atoms with van der Waals surface area (Å²) >= 11 is 0. The summed E-state index contributed by atoms with van der Waals surface area (Å²) in [5.41, 5.74) is 23.3. The molecule has 1 unspecified atom stereocenters. The minimum absolute atomic E-state index is 0.151. The average molecular weight is 1240 g/mol. The van der Waals surface area contributed by atoms with Crippen LogP contribution in [0.4, 0.5) is 28.4 Å². The lowest BCUT2D eigenvalue weighted by Crippen LogP contribution is -2.35. The maximum absolute atomic E-state index is 7.84. The summed E-state index contributed by atoms with van der Waals surface area (Å²) < 4.78 is 15.5. The molecule has 14 aromatic carbocycles. The van der Waals surface area contributed by atoms with Crippen molar-refractivity contribution in [2.24, 2.45) is 0 Å². The van der Waals surface area contributed by atoms with Crippen LogP contribution in [0.25, 0.3) is 148 Å². The van der Waals surface area contributed by atoms with Crippen LogP contribution in [-0.4, -0.2) is 16.0 Å². The molecule has 1 aliphatic heterocycles. The topological polar surface area (TPSA) is 58.5 Å². The van der Waals surface area contributed by atoms with Crippen molar-refractivity contribution in [1.82, 2.24) is 9.97 Å². The van der Waals surface area contributed by atoms with Crippen LogP contribution in [-0.2, 0) is 0 Å². The lowest BCUT2D eigenvalue weighted by molar-refractivity contribution is 0.669. The van der Waals surface area contributed by atoms with Crippen molar-refractivity contribution in [2.75, 3.05) is 9.80 Å². The van der Waals surface area contributed by atoms with Gasteiger partial charge in [0.2, 0.25) is 0 Å². The van der Waals surface area contributed by atoms with Gasteiger partial charge in [-0.05, 0) is 149 Å². The van der Waals surface area contributed by atoms with Gasteiger partial charge in [0.1, 0.15) is 22.3 Å². The lowest BCUT2D eigenvalue weighted by atomic mass is 9.82. The molecule has 0 N–H and O–H groups in total. The first kappa shape index (κ1) is 54.6. The summed E-state index contributed by atoms with van der Waals surface area (Å²) in [5.74, 6) is 0. The number of nitrogens with zero attached hydrogens (tertiary/aromatic N) is 4. The molecule has 0 saturated heterocycles. The molecule has 97 heavy (non-hydrogen) atoms. The van der Waals surface area contributed by atoms with E-state index in [-0.39, 0.29) is 6.04 Å². The van der Waals surface area contributed by atoms with Crippen LogP contribution in [0, 0.1) is 0 Å². The number of aromatic nitrogens is 2. The fraction of sp³-hybridized carbons (Fsp3) is 0.0110. The van der Waals surface area contributed by atoms with Gasteiger partial charge in [-0.2, -0.15) is 0 Å². The summed E-state index contributed by atoms with van der Waals surface area (Å²) in [7, 11) is 0. The summed E-state index contributed by atoms with van der Waals surface area (Å²) in [6.07, 6.45) is 12.8. The van der Waals surface area contributed by atoms with Crippen LogP contribution in [0.15, 0.2) is 348 Å². The highest BCUT2D eigenvalue weighted by molar-refractivity contribution is 6.38. The minimum Gasteiger partial charge on any atom is -0.456 e. The zero-order valence-electron chi connectivity index (χ0n) is 52.4. The van der Waals surface area contributed by atoms with Gasteiger partial charge in [-0.25, -0.2) is 0 Å². The monoisotopic (exact) mass is 1240 g/mol. The van der Waals surface area contributed by atoms with Gasteiger partial charge < -0.3 is 18.6 Å². The van der Waals surface area contributed by atoms with Crippen LogP contribution in [0.3, 0.4) is 0 Å². The van der Waals surface area contributed by atoms with Gasteiger partial charge in [0.25, 0.3) is 0 Å². The molecule has 4 aromatic heterocycles. The molecule has 6 nitrogen and oxygen atoms in total. The van der Waals surface area contributed by atoms with Crippen molar-refractivity contribution in [3.05, 3.63) is 351 Å². The second kappa shape index (κ2) is 21.9. The van der Waals surface area contributed by atoms with Crippen LogP contribution in [0.2, 0.25) is 0 Å². The molecule has 0 fully saturated rings. The molecule has 0 saturated carbocycles. The summed E-state index contributed by atoms with van der Waals surface area (Å²) in [5, 5.41) is 13.0. The molecule has 0 bridgehead atoms. The Morgan fingerprint density at radius 3 is 1.78 bits per heavy atom. The fourth-order valence-corrected chi connectivity index (χ4v) is 15.9. The first-order valence-electron chi connectivity index (χ1n) is 33.1. The van der Waals surface area contributed by atoms with Crippen molar-refractivity contribution < 1.29 is 8.83 Å². The zero-order valence-corrected chi connectivity index (χ0v) is 52.4. The average Bonchev–Trinajstić information content (AvgIpc) is 1.59. The van der Waals surface area contributed by atoms with Crippen LogP contribution < -0.4 is 9.80 Å². The van der Waals surface area contributed by atoms with E-state index in [0.29, 0.717) is 0 Å². The predicted molar refractivity (Wildman–Crippen MR) is 403 cm³/mol. The second-order valence-electron chi connectivity index (χ2n) is 25.4. The molecule has 452 valence electrons. The normalized spacial score (nSPS) is 13.7. The second-order valence-corrected chi connectivity index (χ2v) is 25.4. The minimum atomic E-state index is -0.151. The first-order valence-corrected chi connectivity index (χ1v) is 33.1. The Morgan fingerprint density at radius 2 is 0.979 bits per heavy atom. The third-order valence-corrected chi connectivity index (χ3v) is 20.1. The number of hydrogen-bond donors (Lipinski definition) is 0. The smallest absolute Gasteiger partial charge is 0.143 e. The van der Waals surface area contributed by atoms with E-state index in [1.807, 2.05) is 30.6 Å². The number of benzene rings is 13. The SMILES string of the molecule is C1=CC2=C(c3ccccc3)c3ccccc3N(c3cc4oc5cc(-c6cccnc6-c6ccccc6)cc6c7ccc(-c8ccc(-c9ccccc9-c9ccccn9)cc8)c8oc9cc(N(c%10ccccc%10)c%10cc%11ccccc%11c%11ccccc%10%11)cc(c(c3)c4c56)c9c87)C2C=C1. The number of rotatable bonds is 10. The number of fused-ring (bicyclic) bond motifs is 7. The Kier molecular flexibility index (Phi) is 12.3. The molecular weight excluding hydrogens is 1180 g/mol. The Morgan fingerprint density at radius 1 is 0.351 bits per heavy atom. The summed E-state index contributed by atoms with van der Waals surface area (Å²) in [6, 6.07) is 107. The van der Waals surface area contributed by atoms with E-state index in [4.69, 9.17) is 18.8 Å². The van der Waals surface area contributed by atoms with E-state index in [1.165, 1.54) is 33.0 Å². The van der Waals surface area contributed by atoms with Crippen molar-refractivity contribution in [3.63, 3.8) is 0 Å². The number of hydrogen-bond acceptors (Lipinski definition) is 6. The molecule has 6 heteroatoms. The Hall–Kier alpha value is -12.9. The quantitative estimate of drug-likeness (QED) is 0.127. The third-order valence-electron chi connectivity index (χ3n) is 20.1. The van der Waals surface area contributed by atoms with Crippen LogP contribution >= 0.6 is 0 Å². The van der Waals surface area contributed by atoms with Gasteiger partial charge in [0.15, 0.2) is 0 Å². The molecule has 1 atom stereocenters. The highest BCUT2D eigenvalue weighted by atomic mass is 16.3. The van der Waals surface area contributed by atoms with E-state index in [2.05, 4.69) is 313 Å². The van der Waals surface area contributed by atoms with E-state index in [0.717, 1.165) is 161 Å². The maximum atomic E-state index is 7.84. The number of anilines is 5. The van der Waals surface area contributed by atoms with Gasteiger partial charge in [-0.3, -0.25) is 9.97 Å². The van der Waals surface area contributed by atoms with E-state index < -0.39 is 0 Å². The molecule has 2 aliphatic rings. The maximum Gasteiger partial charge on any atom is 0.143 e. The number of allylic oxidation sites excluding steroid dienone is 2. The molecule has 18 aromatic rings. The first-order chi connectivity index (χ1) is 48.1. The van der Waals surface area contributed by atoms with Gasteiger partial charge in [0, 0.05) is 96.3 Å². The van der Waals surface area contributed by atoms with Gasteiger partial charge in [-0.15, -0.1) is 0 Å². The Balaban J connectivity index is 0.925. The predicted octanol–water partition coefficient (Wildman–Crippen LogP) is 24.6. The molecule has 0 spiro atoms. The summed E-state index contributed by atoms with van der Waals surface area (Å²) in [4.78, 5) is 14.8. The van der Waals surface area contributed by atoms with Crippen molar-refractivity contribution in [3.8, 4) is 55.9 Å². The standard InChI is InChI=1S/C91H56N4O2/c1-4-23-58(24-5-1)85-73-35-16-18-39-79(73)95(80-40-19-17-36-74(80)85)64-53-76-77-52-63(94(62-28-8-3-9-29-62)81-50-60-27-10-11-31-66(60)69-32-13-15-34-71(69)81)54-84-88(77)89-72(46-45-68(91(89)97-84)57-43-41-56(42-44-57)65-30-12-14-33-70(65)78-38-20-21-47-92-78)75-49-61(51-82-86(75)87(76)83(55-64)96-82)67-37-22-48-93-90(67)59-25-6-2-7-26-59/h1-55,79H. The molecule has 0 radical (unpaired) electrons. The van der Waals surface area contributed by atoms with Gasteiger partial charge >= 0.3 is 0 Å². The molecule has 0 amide bonds. The molecular formula is C91H56N4O2. The fourth-order valence-electron chi connectivity index (χ4n) is 15.9. The van der Waals surface area contributed by atoms with Crippen molar-refractivity contribution in [2.45, 2.75) is 6.04 Å². The van der Waals surface area contributed by atoms with E-state index in [1.54, 1.807) is 0 Å². The Bertz CT molecular complexity index is 6310. The van der Waals surface area contributed by atoms with Crippen molar-refractivity contribution in [1.29, 1.82) is 0 Å². The third kappa shape index (κ3) is 8.60. The summed E-state index contributed by atoms with van der Waals surface area (Å²) in [6.45, 7) is 0. The van der Waals surface area contributed by atoms with Crippen LogP contribution in [0.5, 0.6) is 0 Å². The highest BCUT2D eigenvalue weighted by Crippen LogP contribution is 2.55. The van der Waals surface area contributed by atoms with Crippen molar-refractivity contribution >= 4 is 121 Å². The van der Waals surface area contributed by atoms with E-state index >= 15 is 0 Å². The highest BCUT2D eigenvalue weighted by Gasteiger charge is 2.35. The molecule has 1 aliphatic carbocycles. The van der Waals surface area contributed by atoms with Gasteiger partial charge in [-0.1, -0.05) is 237 Å².